The van der Waals surface area contributed by atoms with Crippen LogP contribution in [0.15, 0.2) is 16.9 Å². The molecule has 2 aliphatic rings. The van der Waals surface area contributed by atoms with Gasteiger partial charge in [-0.05, 0) is 17.7 Å². The normalized spacial score (nSPS) is 18.4. The fourth-order valence-corrected chi connectivity index (χ4v) is 3.87. The molecule has 10 nitrogen and oxygen atoms in total. The third-order valence-corrected chi connectivity index (χ3v) is 5.34. The van der Waals surface area contributed by atoms with Crippen LogP contribution in [0.25, 0.3) is 0 Å². The Kier molecular flexibility index (Phi) is 5.49. The van der Waals surface area contributed by atoms with E-state index in [1.54, 1.807) is 12.1 Å². The minimum absolute atomic E-state index is 0.104. The summed E-state index contributed by atoms with van der Waals surface area (Å²) in [6, 6.07) is 3.51. The van der Waals surface area contributed by atoms with Gasteiger partial charge in [0.2, 0.25) is 17.6 Å². The summed E-state index contributed by atoms with van der Waals surface area (Å²) in [5, 5.41) is 2.74. The number of morpholine rings is 1. The number of carbonyl (C=O) groups excluding carboxylic acids is 1. The SMILES string of the molecule is COc1cc([C@H]2CC(=O)Nc3nc(N4CCOCC4)[nH]c(=O)c32)cc(OC)c1OC. The van der Waals surface area contributed by atoms with Gasteiger partial charge in [-0.1, -0.05) is 0 Å². The number of ether oxygens (including phenoxy) is 4. The lowest BCUT2D eigenvalue weighted by Gasteiger charge is -2.30. The zero-order chi connectivity index (χ0) is 21.3. The van der Waals surface area contributed by atoms with E-state index in [1.807, 2.05) is 4.90 Å². The molecule has 1 aromatic heterocycles. The van der Waals surface area contributed by atoms with Gasteiger partial charge in [-0.25, -0.2) is 0 Å². The number of methoxy groups -OCH3 is 3. The molecule has 3 heterocycles. The molecule has 1 saturated heterocycles. The highest BCUT2D eigenvalue weighted by atomic mass is 16.5. The molecule has 1 aromatic carbocycles. The number of nitrogens with zero attached hydrogens (tertiary/aromatic N) is 2. The number of H-pyrrole nitrogens is 1. The van der Waals surface area contributed by atoms with Gasteiger partial charge in [-0.2, -0.15) is 4.98 Å². The zero-order valence-electron chi connectivity index (χ0n) is 17.1. The fraction of sp³-hybridized carbons (Fsp3) is 0.450. The van der Waals surface area contributed by atoms with E-state index in [4.69, 9.17) is 18.9 Å². The van der Waals surface area contributed by atoms with Crippen molar-refractivity contribution in [3.8, 4) is 17.2 Å². The number of anilines is 2. The van der Waals surface area contributed by atoms with E-state index in [9.17, 15) is 9.59 Å². The van der Waals surface area contributed by atoms with Crippen LogP contribution in [-0.2, 0) is 9.53 Å². The minimum atomic E-state index is -0.502. The highest BCUT2D eigenvalue weighted by Crippen LogP contribution is 2.43. The molecular weight excluding hydrogens is 392 g/mol. The molecular formula is C20H24N4O6. The predicted octanol–water partition coefficient (Wildman–Crippen LogP) is 1.11. The maximum absolute atomic E-state index is 13.1. The Hall–Kier alpha value is -3.27. The molecule has 0 saturated carbocycles. The second-order valence-electron chi connectivity index (χ2n) is 7.01. The van der Waals surface area contributed by atoms with Gasteiger partial charge in [0.1, 0.15) is 5.82 Å². The van der Waals surface area contributed by atoms with Crippen LogP contribution in [0.5, 0.6) is 17.2 Å². The van der Waals surface area contributed by atoms with Crippen molar-refractivity contribution < 1.29 is 23.7 Å². The summed E-state index contributed by atoms with van der Waals surface area (Å²) in [4.78, 5) is 34.8. The van der Waals surface area contributed by atoms with Gasteiger partial charge in [-0.3, -0.25) is 14.6 Å². The quantitative estimate of drug-likeness (QED) is 0.745. The second kappa shape index (κ2) is 8.23. The Morgan fingerprint density at radius 1 is 1.07 bits per heavy atom. The number of hydrogen-bond donors (Lipinski definition) is 2. The third-order valence-electron chi connectivity index (χ3n) is 5.34. The van der Waals surface area contributed by atoms with Crippen molar-refractivity contribution in [1.82, 2.24) is 9.97 Å². The molecule has 0 radical (unpaired) electrons. The molecule has 10 heteroatoms. The number of fused-ring (bicyclic) bond motifs is 1. The van der Waals surface area contributed by atoms with Crippen LogP contribution in [0.1, 0.15) is 23.5 Å². The molecule has 1 fully saturated rings. The van der Waals surface area contributed by atoms with Gasteiger partial charge in [0, 0.05) is 25.4 Å². The van der Waals surface area contributed by atoms with Crippen LogP contribution in [0.4, 0.5) is 11.8 Å². The fourth-order valence-electron chi connectivity index (χ4n) is 3.87. The van der Waals surface area contributed by atoms with E-state index in [1.165, 1.54) is 21.3 Å². The number of carbonyl (C=O) groups is 1. The average molecular weight is 416 g/mol. The Balaban J connectivity index is 1.81. The Labute approximate surface area is 173 Å². The lowest BCUT2D eigenvalue weighted by molar-refractivity contribution is -0.116. The number of aromatic nitrogens is 2. The van der Waals surface area contributed by atoms with Gasteiger partial charge in [0.25, 0.3) is 5.56 Å². The number of amides is 1. The van der Waals surface area contributed by atoms with Crippen molar-refractivity contribution in [3.05, 3.63) is 33.6 Å². The topological polar surface area (TPSA) is 115 Å². The molecule has 0 bridgehead atoms. The summed E-state index contributed by atoms with van der Waals surface area (Å²) in [7, 11) is 4.56. The molecule has 0 unspecified atom stereocenters. The summed E-state index contributed by atoms with van der Waals surface area (Å²) in [6.07, 6.45) is 0.104. The minimum Gasteiger partial charge on any atom is -0.493 e. The van der Waals surface area contributed by atoms with Gasteiger partial charge in [0.05, 0.1) is 40.1 Å². The molecule has 1 amide bonds. The molecule has 1 atom stereocenters. The maximum atomic E-state index is 13.1. The molecule has 0 aliphatic carbocycles. The monoisotopic (exact) mass is 416 g/mol. The average Bonchev–Trinajstić information content (AvgIpc) is 2.77. The van der Waals surface area contributed by atoms with E-state index < -0.39 is 5.92 Å². The summed E-state index contributed by atoms with van der Waals surface area (Å²) in [6.45, 7) is 2.35. The maximum Gasteiger partial charge on any atom is 0.258 e. The van der Waals surface area contributed by atoms with E-state index in [0.29, 0.717) is 60.6 Å². The first kappa shape index (κ1) is 20.0. The Morgan fingerprint density at radius 2 is 1.73 bits per heavy atom. The van der Waals surface area contributed by atoms with E-state index >= 15 is 0 Å². The summed E-state index contributed by atoms with van der Waals surface area (Å²) >= 11 is 0. The van der Waals surface area contributed by atoms with Crippen LogP contribution in [0, 0.1) is 0 Å². The predicted molar refractivity (Wildman–Crippen MR) is 109 cm³/mol. The van der Waals surface area contributed by atoms with Crippen molar-refractivity contribution in [1.29, 1.82) is 0 Å². The molecule has 2 aromatic rings. The molecule has 160 valence electrons. The first-order chi connectivity index (χ1) is 14.5. The number of aromatic amines is 1. The molecule has 4 rings (SSSR count). The summed E-state index contributed by atoms with van der Waals surface area (Å²) in [5.41, 5.74) is 0.813. The van der Waals surface area contributed by atoms with Crippen LogP contribution in [0.2, 0.25) is 0 Å². The van der Waals surface area contributed by atoms with Crippen LogP contribution < -0.4 is 30.0 Å². The van der Waals surface area contributed by atoms with Crippen molar-refractivity contribution in [2.75, 3.05) is 57.8 Å². The van der Waals surface area contributed by atoms with Gasteiger partial charge < -0.3 is 29.2 Å². The molecule has 2 N–H and O–H groups in total. The van der Waals surface area contributed by atoms with Crippen molar-refractivity contribution in [2.24, 2.45) is 0 Å². The number of rotatable bonds is 5. The molecule has 30 heavy (non-hydrogen) atoms. The second-order valence-corrected chi connectivity index (χ2v) is 7.01. The first-order valence-corrected chi connectivity index (χ1v) is 9.62. The smallest absolute Gasteiger partial charge is 0.258 e. The Morgan fingerprint density at radius 3 is 2.33 bits per heavy atom. The van der Waals surface area contributed by atoms with Crippen molar-refractivity contribution >= 4 is 17.7 Å². The number of nitrogens with one attached hydrogen (secondary N) is 2. The van der Waals surface area contributed by atoms with E-state index in [0.717, 1.165) is 0 Å². The number of hydrogen-bond acceptors (Lipinski definition) is 8. The third kappa shape index (κ3) is 3.54. The highest BCUT2D eigenvalue weighted by molar-refractivity contribution is 5.94. The van der Waals surface area contributed by atoms with Crippen LogP contribution >= 0.6 is 0 Å². The Bertz CT molecular complexity index is 990. The molecule has 2 aliphatic heterocycles. The largest absolute Gasteiger partial charge is 0.493 e. The van der Waals surface area contributed by atoms with Crippen LogP contribution in [0.3, 0.4) is 0 Å². The van der Waals surface area contributed by atoms with Crippen molar-refractivity contribution in [2.45, 2.75) is 12.3 Å². The lowest BCUT2D eigenvalue weighted by Crippen LogP contribution is -2.40. The highest BCUT2D eigenvalue weighted by Gasteiger charge is 2.33. The summed E-state index contributed by atoms with van der Waals surface area (Å²) in [5.74, 6) is 1.33. The van der Waals surface area contributed by atoms with Gasteiger partial charge in [-0.15, -0.1) is 0 Å². The first-order valence-electron chi connectivity index (χ1n) is 9.62. The van der Waals surface area contributed by atoms with E-state index in [-0.39, 0.29) is 23.7 Å². The zero-order valence-corrected chi connectivity index (χ0v) is 17.1. The number of benzene rings is 1. The van der Waals surface area contributed by atoms with Gasteiger partial charge >= 0.3 is 0 Å². The summed E-state index contributed by atoms with van der Waals surface area (Å²) < 4.78 is 21.6. The standard InChI is InChI=1S/C20H24N4O6/c1-27-13-8-11(9-14(28-2)17(13)29-3)12-10-15(25)21-18-16(12)19(26)23-20(22-18)24-4-6-30-7-5-24/h8-9,12H,4-7,10H2,1-3H3,(H2,21,22,23,25,26)/t12-/m1/s1. The van der Waals surface area contributed by atoms with E-state index in [2.05, 4.69) is 15.3 Å². The lowest BCUT2D eigenvalue weighted by atomic mass is 9.86. The molecule has 0 spiro atoms. The van der Waals surface area contributed by atoms with Crippen molar-refractivity contribution in [3.63, 3.8) is 0 Å². The van der Waals surface area contributed by atoms with Gasteiger partial charge in [0.15, 0.2) is 11.5 Å². The van der Waals surface area contributed by atoms with Crippen LogP contribution in [-0.4, -0.2) is 63.5 Å².